The summed E-state index contributed by atoms with van der Waals surface area (Å²) >= 11 is 0. The first-order valence-corrected chi connectivity index (χ1v) is 13.6. The number of aromatic nitrogens is 2. The van der Waals surface area contributed by atoms with Crippen molar-refractivity contribution in [3.63, 3.8) is 0 Å². The highest BCUT2D eigenvalue weighted by Gasteiger charge is 2.21. The number of hydrogen-bond acceptors (Lipinski definition) is 4. The maximum atomic E-state index is 13.1. The molecule has 1 N–H and O–H groups in total. The fourth-order valence-electron chi connectivity index (χ4n) is 4.19. The van der Waals surface area contributed by atoms with Crippen LogP contribution in [0.1, 0.15) is 32.7 Å². The lowest BCUT2D eigenvalue weighted by molar-refractivity contribution is 0.102. The van der Waals surface area contributed by atoms with Crippen LogP contribution >= 0.6 is 0 Å². The number of nitrogens with one attached hydrogen (secondary N) is 1. The van der Waals surface area contributed by atoms with E-state index in [2.05, 4.69) is 5.32 Å². The Kier molecular flexibility index (Phi) is 7.09. The third kappa shape index (κ3) is 5.36. The van der Waals surface area contributed by atoms with E-state index in [4.69, 9.17) is 0 Å². The molecule has 0 unspecified atom stereocenters. The van der Waals surface area contributed by atoms with Gasteiger partial charge in [0.2, 0.25) is 10.0 Å². The summed E-state index contributed by atoms with van der Waals surface area (Å²) in [6.45, 7) is 5.69. The maximum absolute atomic E-state index is 13.1. The van der Waals surface area contributed by atoms with Crippen molar-refractivity contribution in [2.75, 3.05) is 15.9 Å². The maximum Gasteiger partial charge on any atom is 0.295 e. The van der Waals surface area contributed by atoms with Crippen LogP contribution in [0, 0.1) is 20.8 Å². The topological polar surface area (TPSA) is 93.4 Å². The number of para-hydroxylation sites is 1. The lowest BCUT2D eigenvalue weighted by atomic mass is 10.1. The fourth-order valence-corrected chi connectivity index (χ4v) is 5.13. The highest BCUT2D eigenvalue weighted by Crippen LogP contribution is 2.26. The van der Waals surface area contributed by atoms with Crippen molar-refractivity contribution in [2.24, 2.45) is 7.05 Å². The summed E-state index contributed by atoms with van der Waals surface area (Å²) in [4.78, 5) is 26.1. The molecule has 0 spiro atoms. The van der Waals surface area contributed by atoms with Gasteiger partial charge < -0.3 is 5.32 Å². The van der Waals surface area contributed by atoms with Crippen LogP contribution in [0.5, 0.6) is 0 Å². The summed E-state index contributed by atoms with van der Waals surface area (Å²) in [5.74, 6) is -0.424. The predicted molar refractivity (Wildman–Crippen MR) is 147 cm³/mol. The highest BCUT2D eigenvalue weighted by atomic mass is 32.2. The minimum Gasteiger partial charge on any atom is -0.316 e. The molecule has 9 heteroatoms. The lowest BCUT2D eigenvalue weighted by Gasteiger charge is -2.25. The largest absolute Gasteiger partial charge is 0.316 e. The Labute approximate surface area is 216 Å². The molecule has 1 amide bonds. The van der Waals surface area contributed by atoms with Crippen molar-refractivity contribution in [3.05, 3.63) is 111 Å². The molecule has 0 aliphatic heterocycles. The zero-order valence-electron chi connectivity index (χ0n) is 21.5. The molecule has 4 rings (SSSR count). The smallest absolute Gasteiger partial charge is 0.295 e. The van der Waals surface area contributed by atoms with E-state index in [0.29, 0.717) is 22.6 Å². The monoisotopic (exact) mass is 518 g/mol. The number of carbonyl (C=O) groups excluding carboxylic acids is 1. The molecular weight excluding hydrogens is 488 g/mol. The van der Waals surface area contributed by atoms with E-state index >= 15 is 0 Å². The van der Waals surface area contributed by atoms with E-state index in [1.54, 1.807) is 42.9 Å². The van der Waals surface area contributed by atoms with Gasteiger partial charge in [0.1, 0.15) is 5.69 Å². The molecule has 1 aromatic heterocycles. The summed E-state index contributed by atoms with van der Waals surface area (Å²) in [6, 6.07) is 21.6. The van der Waals surface area contributed by atoms with Gasteiger partial charge in [0.05, 0.1) is 29.9 Å². The zero-order valence-corrected chi connectivity index (χ0v) is 22.3. The Hall–Kier alpha value is -4.11. The molecule has 192 valence electrons. The number of benzene rings is 3. The van der Waals surface area contributed by atoms with Crippen LogP contribution < -0.4 is 15.2 Å². The second-order valence-electron chi connectivity index (χ2n) is 9.15. The van der Waals surface area contributed by atoms with Gasteiger partial charge in [0.25, 0.3) is 11.5 Å². The number of nitrogens with zero attached hydrogens (tertiary/aromatic N) is 3. The lowest BCUT2D eigenvalue weighted by Crippen LogP contribution is -2.30. The molecule has 1 heterocycles. The van der Waals surface area contributed by atoms with Crippen LogP contribution in [-0.2, 0) is 23.6 Å². The first-order chi connectivity index (χ1) is 17.5. The summed E-state index contributed by atoms with van der Waals surface area (Å²) in [5.41, 5.74) is 4.72. The molecule has 8 nitrogen and oxygen atoms in total. The van der Waals surface area contributed by atoms with E-state index in [0.717, 1.165) is 16.7 Å². The van der Waals surface area contributed by atoms with Crippen LogP contribution in [0.25, 0.3) is 5.69 Å². The van der Waals surface area contributed by atoms with Gasteiger partial charge in [-0.3, -0.25) is 18.6 Å². The minimum absolute atomic E-state index is 0.130. The molecule has 0 saturated carbocycles. The van der Waals surface area contributed by atoms with Crippen molar-refractivity contribution in [3.8, 4) is 5.69 Å². The number of anilines is 2. The average Bonchev–Trinajstić information content (AvgIpc) is 3.07. The predicted octanol–water partition coefficient (Wildman–Crippen LogP) is 4.32. The van der Waals surface area contributed by atoms with E-state index in [-0.39, 0.29) is 17.8 Å². The molecule has 0 bridgehead atoms. The Morgan fingerprint density at radius 2 is 1.59 bits per heavy atom. The van der Waals surface area contributed by atoms with Gasteiger partial charge in [-0.1, -0.05) is 42.5 Å². The second-order valence-corrected chi connectivity index (χ2v) is 11.1. The number of sulfonamides is 1. The van der Waals surface area contributed by atoms with E-state index in [1.165, 1.54) is 15.2 Å². The van der Waals surface area contributed by atoms with E-state index < -0.39 is 15.9 Å². The number of rotatable bonds is 7. The van der Waals surface area contributed by atoms with Crippen LogP contribution in [0.4, 0.5) is 11.4 Å². The van der Waals surface area contributed by atoms with Gasteiger partial charge >= 0.3 is 0 Å². The molecule has 37 heavy (non-hydrogen) atoms. The summed E-state index contributed by atoms with van der Waals surface area (Å²) < 4.78 is 29.8. The van der Waals surface area contributed by atoms with Gasteiger partial charge in [-0.05, 0) is 67.8 Å². The van der Waals surface area contributed by atoms with Gasteiger partial charge in [-0.15, -0.1) is 0 Å². The fraction of sp³-hybridized carbons (Fsp3) is 0.214. The quantitative estimate of drug-likeness (QED) is 0.394. The molecular formula is C28H30N4O4S. The van der Waals surface area contributed by atoms with Gasteiger partial charge in [0.15, 0.2) is 0 Å². The number of carbonyl (C=O) groups is 1. The van der Waals surface area contributed by atoms with Crippen molar-refractivity contribution in [1.29, 1.82) is 0 Å². The minimum atomic E-state index is -3.54. The third-order valence-electron chi connectivity index (χ3n) is 6.37. The number of amides is 1. The third-order valence-corrected chi connectivity index (χ3v) is 7.50. The Morgan fingerprint density at radius 3 is 2.22 bits per heavy atom. The normalized spacial score (nSPS) is 11.4. The first kappa shape index (κ1) is 26.0. The van der Waals surface area contributed by atoms with Crippen LogP contribution in [-0.4, -0.2) is 29.9 Å². The zero-order chi connectivity index (χ0) is 26.9. The van der Waals surface area contributed by atoms with Crippen LogP contribution in [0.3, 0.4) is 0 Å². The SMILES string of the molecule is Cc1ccc(C)c(N(Cc2ccc(C(=O)Nc3c(C)n(C)n(-c4ccccc4)c3=O)cc2)S(C)(=O)=O)c1. The average molecular weight is 519 g/mol. The Balaban J connectivity index is 1.57. The molecule has 0 fully saturated rings. The van der Waals surface area contributed by atoms with Gasteiger partial charge in [0, 0.05) is 12.6 Å². The van der Waals surface area contributed by atoms with Gasteiger partial charge in [-0.25, -0.2) is 13.1 Å². The van der Waals surface area contributed by atoms with Crippen molar-refractivity contribution in [2.45, 2.75) is 27.3 Å². The highest BCUT2D eigenvalue weighted by molar-refractivity contribution is 7.92. The summed E-state index contributed by atoms with van der Waals surface area (Å²) in [6.07, 6.45) is 1.18. The number of aryl methyl sites for hydroxylation is 2. The summed E-state index contributed by atoms with van der Waals surface area (Å²) in [7, 11) is -1.78. The van der Waals surface area contributed by atoms with Crippen LogP contribution in [0.2, 0.25) is 0 Å². The first-order valence-electron chi connectivity index (χ1n) is 11.8. The van der Waals surface area contributed by atoms with Crippen LogP contribution in [0.15, 0.2) is 77.6 Å². The molecule has 3 aromatic carbocycles. The molecule has 0 saturated heterocycles. The van der Waals surface area contributed by atoms with Crippen molar-refractivity contribution < 1.29 is 13.2 Å². The number of hydrogen-bond donors (Lipinski definition) is 1. The van der Waals surface area contributed by atoms with Gasteiger partial charge in [-0.2, -0.15) is 0 Å². The molecule has 0 atom stereocenters. The van der Waals surface area contributed by atoms with E-state index in [1.807, 2.05) is 62.4 Å². The van der Waals surface area contributed by atoms with E-state index in [9.17, 15) is 18.0 Å². The summed E-state index contributed by atoms with van der Waals surface area (Å²) in [5, 5.41) is 2.75. The molecule has 0 aliphatic rings. The van der Waals surface area contributed by atoms with Crippen molar-refractivity contribution >= 4 is 27.3 Å². The van der Waals surface area contributed by atoms with Crippen molar-refractivity contribution in [1.82, 2.24) is 9.36 Å². The second kappa shape index (κ2) is 10.1. The Morgan fingerprint density at radius 1 is 0.946 bits per heavy atom. The molecule has 0 radical (unpaired) electrons. The standard InChI is InChI=1S/C28H30N4O4S/c1-19-11-12-20(2)25(17-19)31(37(5,35)36)18-22-13-15-23(16-14-22)27(33)29-26-21(3)30(4)32(28(26)34)24-9-7-6-8-10-24/h6-17H,18H2,1-5H3,(H,29,33). The Bertz CT molecular complexity index is 1620. The molecule has 0 aliphatic carbocycles. The molecule has 4 aromatic rings.